The molecule has 0 aliphatic rings. The third-order valence-electron chi connectivity index (χ3n) is 4.71. The molecule has 0 radical (unpaired) electrons. The number of hydrogen-bond acceptors (Lipinski definition) is 3. The average Bonchev–Trinajstić information content (AvgIpc) is 3.45. The Morgan fingerprint density at radius 3 is 1.81 bits per heavy atom. The molecule has 0 unspecified atom stereocenters. The molecule has 0 amide bonds. The van der Waals surface area contributed by atoms with Crippen LogP contribution in [0.15, 0.2) is 91.6 Å². The van der Waals surface area contributed by atoms with Gasteiger partial charge in [-0.25, -0.2) is 0 Å². The molecule has 0 aliphatic carbocycles. The Morgan fingerprint density at radius 1 is 0.885 bits per heavy atom. The van der Waals surface area contributed by atoms with E-state index in [0.29, 0.717) is 0 Å². The quantitative estimate of drug-likeness (QED) is 0.279. The molecule has 0 N–H and O–H groups in total. The summed E-state index contributed by atoms with van der Waals surface area (Å²) in [5.41, 5.74) is 1.24. The van der Waals surface area contributed by atoms with Gasteiger partial charge in [-0.1, -0.05) is 0 Å². The van der Waals surface area contributed by atoms with E-state index in [1.165, 1.54) is 31.3 Å². The molecule has 0 atom stereocenters. The predicted octanol–water partition coefficient (Wildman–Crippen LogP) is 4.56. The Labute approximate surface area is 157 Å². The van der Waals surface area contributed by atoms with Crippen LogP contribution in [0.2, 0.25) is 0 Å². The first kappa shape index (κ1) is 18.6. The summed E-state index contributed by atoms with van der Waals surface area (Å²) in [4.78, 5) is 2.36. The van der Waals surface area contributed by atoms with Crippen LogP contribution in [0, 0.1) is 0 Å². The molecular formula is C22H26GeO3. The van der Waals surface area contributed by atoms with Gasteiger partial charge in [-0.15, -0.1) is 0 Å². The van der Waals surface area contributed by atoms with E-state index in [9.17, 15) is 0 Å². The molecule has 0 spiro atoms. The van der Waals surface area contributed by atoms with Crippen LogP contribution in [0.3, 0.4) is 0 Å². The second-order valence-corrected chi connectivity index (χ2v) is 13.6. The van der Waals surface area contributed by atoms with Crippen LogP contribution in [-0.2, 0) is 0 Å². The van der Waals surface area contributed by atoms with Gasteiger partial charge in [-0.05, 0) is 0 Å². The molecule has 0 aliphatic heterocycles. The molecule has 3 heterocycles. The van der Waals surface area contributed by atoms with Gasteiger partial charge in [0.2, 0.25) is 0 Å². The topological polar surface area (TPSA) is 39.4 Å². The van der Waals surface area contributed by atoms with Crippen molar-refractivity contribution in [3.8, 4) is 0 Å². The van der Waals surface area contributed by atoms with Crippen LogP contribution >= 0.6 is 0 Å². The molecule has 3 aromatic rings. The fraction of sp³-hybridized carbons (Fsp3) is 0.273. The standard InChI is InChI=1S/C22H26GeO3/c1-3-5-6-7-11-19(4-2)18-23(20-12-8-15-24-20,21-13-9-16-25-21)22-14-10-17-26-22/h4,8-10,12-18H,2-3,5-7,11H2,1H3/b19-18-. The van der Waals surface area contributed by atoms with E-state index < -0.39 is 13.3 Å². The molecule has 3 nitrogen and oxygen atoms in total. The van der Waals surface area contributed by atoms with Crippen LogP contribution < -0.4 is 13.8 Å². The Kier molecular flexibility index (Phi) is 6.45. The van der Waals surface area contributed by atoms with E-state index >= 15 is 0 Å². The molecule has 0 bridgehead atoms. The fourth-order valence-corrected chi connectivity index (χ4v) is 11.4. The molecule has 3 rings (SSSR count). The minimum atomic E-state index is -3.32. The zero-order chi connectivity index (χ0) is 18.2. The van der Waals surface area contributed by atoms with Gasteiger partial charge in [0.1, 0.15) is 0 Å². The third-order valence-corrected chi connectivity index (χ3v) is 13.1. The van der Waals surface area contributed by atoms with E-state index in [4.69, 9.17) is 13.3 Å². The van der Waals surface area contributed by atoms with Gasteiger partial charge in [-0.3, -0.25) is 0 Å². The summed E-state index contributed by atoms with van der Waals surface area (Å²) in [6.07, 6.45) is 13.1. The molecule has 136 valence electrons. The molecule has 0 saturated carbocycles. The van der Waals surface area contributed by atoms with E-state index in [1.54, 1.807) is 18.8 Å². The van der Waals surface area contributed by atoms with Crippen molar-refractivity contribution in [1.29, 1.82) is 0 Å². The number of furan rings is 3. The third kappa shape index (κ3) is 3.83. The molecule has 0 fully saturated rings. The number of unbranched alkanes of at least 4 members (excludes halogenated alkanes) is 3. The second kappa shape index (κ2) is 8.99. The van der Waals surface area contributed by atoms with Gasteiger partial charge < -0.3 is 0 Å². The van der Waals surface area contributed by atoms with Crippen molar-refractivity contribution in [2.75, 3.05) is 0 Å². The van der Waals surface area contributed by atoms with Gasteiger partial charge in [0.05, 0.1) is 0 Å². The van der Waals surface area contributed by atoms with Gasteiger partial charge in [0.25, 0.3) is 0 Å². The van der Waals surface area contributed by atoms with Crippen molar-refractivity contribution < 1.29 is 13.3 Å². The average molecular weight is 411 g/mol. The molecule has 3 aromatic heterocycles. The van der Waals surface area contributed by atoms with Crippen LogP contribution in [0.5, 0.6) is 0 Å². The van der Waals surface area contributed by atoms with Crippen molar-refractivity contribution >= 4 is 27.0 Å². The zero-order valence-corrected chi connectivity index (χ0v) is 17.4. The summed E-state index contributed by atoms with van der Waals surface area (Å²) in [5.74, 6) is 0. The first-order valence-corrected chi connectivity index (χ1v) is 13.6. The summed E-state index contributed by atoms with van der Waals surface area (Å²) in [5, 5.41) is 0. The minimum absolute atomic E-state index is 0.947. The molecule has 0 saturated heterocycles. The SMILES string of the molecule is C=C/C(=[CH]/[Ge]([c]1ccco1)([c]1ccco1)[c]1ccco1)CCCCCC. The summed E-state index contributed by atoms with van der Waals surface area (Å²) >= 11 is -3.32. The maximum atomic E-state index is 5.92. The van der Waals surface area contributed by atoms with Gasteiger partial charge in [0.15, 0.2) is 0 Å². The van der Waals surface area contributed by atoms with Crippen LogP contribution in [0.1, 0.15) is 39.0 Å². The molecular weight excluding hydrogens is 385 g/mol. The van der Waals surface area contributed by atoms with Crippen molar-refractivity contribution in [2.24, 2.45) is 0 Å². The van der Waals surface area contributed by atoms with Crippen molar-refractivity contribution in [3.63, 3.8) is 0 Å². The van der Waals surface area contributed by atoms with E-state index in [2.05, 4.69) is 18.4 Å². The van der Waals surface area contributed by atoms with E-state index in [1.807, 2.05) is 42.5 Å². The van der Waals surface area contributed by atoms with Gasteiger partial charge in [-0.2, -0.15) is 0 Å². The molecule has 4 heteroatoms. The Morgan fingerprint density at radius 2 is 1.42 bits per heavy atom. The van der Waals surface area contributed by atoms with E-state index in [-0.39, 0.29) is 0 Å². The van der Waals surface area contributed by atoms with E-state index in [0.717, 1.165) is 20.2 Å². The first-order valence-electron chi connectivity index (χ1n) is 9.27. The van der Waals surface area contributed by atoms with Crippen LogP contribution in [0.4, 0.5) is 0 Å². The Bertz CT molecular complexity index is 712. The Hall–Kier alpha value is -2.14. The molecule has 0 aromatic carbocycles. The normalized spacial score (nSPS) is 12.4. The zero-order valence-electron chi connectivity index (χ0n) is 15.3. The number of rotatable bonds is 10. The molecule has 26 heavy (non-hydrogen) atoms. The second-order valence-electron chi connectivity index (χ2n) is 6.47. The maximum absolute atomic E-state index is 5.92. The summed E-state index contributed by atoms with van der Waals surface area (Å²) in [6, 6.07) is 11.9. The monoisotopic (exact) mass is 412 g/mol. The van der Waals surface area contributed by atoms with Gasteiger partial charge in [0, 0.05) is 0 Å². The number of allylic oxidation sites excluding steroid dienone is 2. The van der Waals surface area contributed by atoms with Crippen molar-refractivity contribution in [3.05, 3.63) is 78.3 Å². The van der Waals surface area contributed by atoms with Crippen LogP contribution in [0.25, 0.3) is 0 Å². The van der Waals surface area contributed by atoms with Gasteiger partial charge >= 0.3 is 158 Å². The summed E-state index contributed by atoms with van der Waals surface area (Å²) in [6.45, 7) is 6.29. The number of hydrogen-bond donors (Lipinski definition) is 0. The van der Waals surface area contributed by atoms with Crippen molar-refractivity contribution in [2.45, 2.75) is 39.0 Å². The Balaban J connectivity index is 2.08. The van der Waals surface area contributed by atoms with Crippen LogP contribution in [-0.4, -0.2) is 13.3 Å². The first-order chi connectivity index (χ1) is 12.8. The summed E-state index contributed by atoms with van der Waals surface area (Å²) < 4.78 is 20.6. The predicted molar refractivity (Wildman–Crippen MR) is 108 cm³/mol. The van der Waals surface area contributed by atoms with Crippen molar-refractivity contribution in [1.82, 2.24) is 0 Å². The fourth-order valence-electron chi connectivity index (χ4n) is 3.35. The summed E-state index contributed by atoms with van der Waals surface area (Å²) in [7, 11) is 0.